The van der Waals surface area contributed by atoms with Gasteiger partial charge in [-0.15, -0.1) is 0 Å². The molecule has 0 aliphatic heterocycles. The summed E-state index contributed by atoms with van der Waals surface area (Å²) in [4.78, 5) is 21.8. The molecule has 0 saturated carbocycles. The van der Waals surface area contributed by atoms with E-state index in [1.807, 2.05) is 0 Å². The fourth-order valence-corrected chi connectivity index (χ4v) is 2.14. The molecule has 0 aromatic heterocycles. The molecule has 0 amide bonds. The first-order chi connectivity index (χ1) is 5.91. The van der Waals surface area contributed by atoms with Crippen molar-refractivity contribution in [3.05, 3.63) is 0 Å². The van der Waals surface area contributed by atoms with Crippen LogP contribution in [0.5, 0.6) is 0 Å². The van der Waals surface area contributed by atoms with Gasteiger partial charge in [0, 0.05) is 25.9 Å². The minimum Gasteiger partial charge on any atom is -0.485 e. The molecule has 0 unspecified atom stereocenters. The van der Waals surface area contributed by atoms with Crippen LogP contribution in [0.15, 0.2) is 0 Å². The molecule has 5 heteroatoms. The number of hydrogen-bond acceptors (Lipinski definition) is 4. The van der Waals surface area contributed by atoms with Gasteiger partial charge in [-0.05, 0) is 0 Å². The van der Waals surface area contributed by atoms with Gasteiger partial charge in [-0.1, -0.05) is 13.8 Å². The van der Waals surface area contributed by atoms with Crippen molar-refractivity contribution in [2.75, 3.05) is 0 Å². The van der Waals surface area contributed by atoms with Crippen LogP contribution in [0.1, 0.15) is 26.7 Å². The summed E-state index contributed by atoms with van der Waals surface area (Å²) >= 11 is 0. The first-order valence-electron chi connectivity index (χ1n) is 4.35. The van der Waals surface area contributed by atoms with Crippen LogP contribution in [-0.4, -0.2) is 20.5 Å². The third-order valence-corrected chi connectivity index (χ3v) is 2.74. The summed E-state index contributed by atoms with van der Waals surface area (Å²) in [7, 11) is -2.57. The maximum atomic E-state index is 10.9. The van der Waals surface area contributed by atoms with Crippen molar-refractivity contribution < 1.29 is 18.4 Å². The fourth-order valence-electron chi connectivity index (χ4n) is 0.713. The van der Waals surface area contributed by atoms with Gasteiger partial charge in [0.1, 0.15) is 0 Å². The largest absolute Gasteiger partial charge is 0.485 e. The smallest absolute Gasteiger partial charge is 0.457 e. The van der Waals surface area contributed by atoms with Crippen LogP contribution in [0.4, 0.5) is 0 Å². The van der Waals surface area contributed by atoms with E-state index in [0.717, 1.165) is 0 Å². The molecule has 0 heterocycles. The molecule has 0 N–H and O–H groups in total. The van der Waals surface area contributed by atoms with Crippen LogP contribution in [0.3, 0.4) is 0 Å². The molecule has 0 aromatic carbocycles. The van der Waals surface area contributed by atoms with E-state index in [-0.39, 0.29) is 11.9 Å². The van der Waals surface area contributed by atoms with E-state index in [2.05, 4.69) is 0 Å². The van der Waals surface area contributed by atoms with Gasteiger partial charge in [0.25, 0.3) is 11.9 Å². The molecule has 4 nitrogen and oxygen atoms in total. The van der Waals surface area contributed by atoms with Crippen molar-refractivity contribution in [3.8, 4) is 0 Å². The standard InChI is InChI=1S/C8H16O4Si/c1-5-7(9)11-13(3,4)12-8(10)6-2/h5-6H2,1-4H3. The summed E-state index contributed by atoms with van der Waals surface area (Å²) in [5, 5.41) is 0. The van der Waals surface area contributed by atoms with Crippen molar-refractivity contribution in [2.45, 2.75) is 39.8 Å². The summed E-state index contributed by atoms with van der Waals surface area (Å²) in [6.45, 7) is 6.76. The van der Waals surface area contributed by atoms with Crippen LogP contribution >= 0.6 is 0 Å². The predicted molar refractivity (Wildman–Crippen MR) is 50.2 cm³/mol. The van der Waals surface area contributed by atoms with Crippen molar-refractivity contribution >= 4 is 20.5 Å². The van der Waals surface area contributed by atoms with E-state index < -0.39 is 8.56 Å². The van der Waals surface area contributed by atoms with Crippen molar-refractivity contribution in [1.82, 2.24) is 0 Å². The van der Waals surface area contributed by atoms with Crippen molar-refractivity contribution in [3.63, 3.8) is 0 Å². The molecule has 0 atom stereocenters. The molecule has 0 saturated heterocycles. The van der Waals surface area contributed by atoms with Crippen LogP contribution in [0.2, 0.25) is 13.1 Å². The number of hydrogen-bond donors (Lipinski definition) is 0. The highest BCUT2D eigenvalue weighted by molar-refractivity contribution is 6.67. The Kier molecular flexibility index (Phi) is 4.69. The van der Waals surface area contributed by atoms with E-state index in [1.165, 1.54) is 0 Å². The SMILES string of the molecule is CCC(=O)O[Si](C)(C)OC(=O)CC. The Labute approximate surface area is 79.5 Å². The lowest BCUT2D eigenvalue weighted by molar-refractivity contribution is -0.140. The summed E-state index contributed by atoms with van der Waals surface area (Å²) in [5.74, 6) is -0.638. The highest BCUT2D eigenvalue weighted by Gasteiger charge is 2.32. The highest BCUT2D eigenvalue weighted by Crippen LogP contribution is 2.08. The van der Waals surface area contributed by atoms with Crippen LogP contribution in [0.25, 0.3) is 0 Å². The number of carbonyl (C=O) groups excluding carboxylic acids is 2. The molecule has 0 rings (SSSR count). The lowest BCUT2D eigenvalue weighted by atomic mass is 10.5. The lowest BCUT2D eigenvalue weighted by Crippen LogP contribution is -2.39. The zero-order valence-electron chi connectivity index (χ0n) is 8.55. The zero-order valence-corrected chi connectivity index (χ0v) is 9.55. The van der Waals surface area contributed by atoms with E-state index >= 15 is 0 Å². The summed E-state index contributed by atoms with van der Waals surface area (Å²) < 4.78 is 10.0. The second kappa shape index (κ2) is 5.01. The Balaban J connectivity index is 4.07. The Morgan fingerprint density at radius 2 is 1.31 bits per heavy atom. The molecular formula is C8H16O4Si. The molecule has 0 aromatic rings. The maximum Gasteiger partial charge on any atom is 0.457 e. The molecule has 0 fully saturated rings. The molecule has 0 spiro atoms. The highest BCUT2D eigenvalue weighted by atomic mass is 28.4. The summed E-state index contributed by atoms with van der Waals surface area (Å²) in [6, 6.07) is 0. The third kappa shape index (κ3) is 5.40. The van der Waals surface area contributed by atoms with Gasteiger partial charge in [0.2, 0.25) is 0 Å². The molecule has 0 aliphatic rings. The second-order valence-electron chi connectivity index (χ2n) is 3.06. The minimum absolute atomic E-state index is 0.306. The average Bonchev–Trinajstić information content (AvgIpc) is 2.02. The van der Waals surface area contributed by atoms with E-state index in [9.17, 15) is 9.59 Å². The lowest BCUT2D eigenvalue weighted by Gasteiger charge is -2.21. The van der Waals surface area contributed by atoms with E-state index in [0.29, 0.717) is 12.8 Å². The molecule has 76 valence electrons. The maximum absolute atomic E-state index is 10.9. The molecule has 0 radical (unpaired) electrons. The Bertz CT molecular complexity index is 180. The predicted octanol–water partition coefficient (Wildman–Crippen LogP) is 1.59. The Morgan fingerprint density at radius 1 is 1.00 bits per heavy atom. The monoisotopic (exact) mass is 204 g/mol. The van der Waals surface area contributed by atoms with Crippen molar-refractivity contribution in [2.24, 2.45) is 0 Å². The van der Waals surface area contributed by atoms with Crippen LogP contribution in [-0.2, 0) is 18.4 Å². The van der Waals surface area contributed by atoms with Gasteiger partial charge in [0.05, 0.1) is 0 Å². The van der Waals surface area contributed by atoms with Gasteiger partial charge >= 0.3 is 8.56 Å². The topological polar surface area (TPSA) is 52.6 Å². The number of rotatable bonds is 4. The summed E-state index contributed by atoms with van der Waals surface area (Å²) in [5.41, 5.74) is 0. The Morgan fingerprint density at radius 3 is 1.54 bits per heavy atom. The molecule has 0 aliphatic carbocycles. The van der Waals surface area contributed by atoms with Gasteiger partial charge in [-0.2, -0.15) is 0 Å². The zero-order chi connectivity index (χ0) is 10.5. The molecule has 13 heavy (non-hydrogen) atoms. The fraction of sp³-hybridized carbons (Fsp3) is 0.750. The quantitative estimate of drug-likeness (QED) is 0.653. The molecule has 0 bridgehead atoms. The number of carbonyl (C=O) groups is 2. The molecular weight excluding hydrogens is 188 g/mol. The van der Waals surface area contributed by atoms with E-state index in [4.69, 9.17) is 8.85 Å². The van der Waals surface area contributed by atoms with Crippen molar-refractivity contribution in [1.29, 1.82) is 0 Å². The average molecular weight is 204 g/mol. The van der Waals surface area contributed by atoms with Crippen LogP contribution in [0, 0.1) is 0 Å². The first-order valence-corrected chi connectivity index (χ1v) is 7.16. The third-order valence-electron chi connectivity index (χ3n) is 1.30. The first kappa shape index (κ1) is 12.2. The minimum atomic E-state index is -2.57. The Hall–Kier alpha value is -0.843. The summed E-state index contributed by atoms with van der Waals surface area (Å²) in [6.07, 6.45) is 0.611. The van der Waals surface area contributed by atoms with Gasteiger partial charge < -0.3 is 8.85 Å². The van der Waals surface area contributed by atoms with Gasteiger partial charge in [-0.3, -0.25) is 9.59 Å². The van der Waals surface area contributed by atoms with Gasteiger partial charge in [-0.25, -0.2) is 0 Å². The van der Waals surface area contributed by atoms with Gasteiger partial charge in [0.15, 0.2) is 0 Å². The van der Waals surface area contributed by atoms with E-state index in [1.54, 1.807) is 26.9 Å². The normalized spacial score (nSPS) is 10.8. The van der Waals surface area contributed by atoms with Crippen LogP contribution < -0.4 is 0 Å². The second-order valence-corrected chi connectivity index (χ2v) is 6.26.